The molecule has 2 aromatic heterocycles. The smallest absolute Gasteiger partial charge is 0.303 e. The molecule has 182 valence electrons. The normalized spacial score (nSPS) is 10.9. The SMILES string of the molecule is C#CCC(Cc1cnc2nc(N)nc(N)c2n1)c1ccc(C(=O)NCCCC(=O)O)cc1.O=CO. The number of hydrogen-bond donors (Lipinski definition) is 5. The van der Waals surface area contributed by atoms with Crippen molar-refractivity contribution in [3.8, 4) is 12.3 Å². The molecule has 0 aliphatic rings. The summed E-state index contributed by atoms with van der Waals surface area (Å²) in [6.45, 7) is 0.0474. The molecule has 2 heterocycles. The Morgan fingerprint density at radius 3 is 2.49 bits per heavy atom. The van der Waals surface area contributed by atoms with Crippen LogP contribution in [0.15, 0.2) is 30.5 Å². The van der Waals surface area contributed by atoms with Gasteiger partial charge in [0.1, 0.15) is 0 Å². The summed E-state index contributed by atoms with van der Waals surface area (Å²) in [5.74, 6) is 1.68. The van der Waals surface area contributed by atoms with Gasteiger partial charge in [-0.15, -0.1) is 12.3 Å². The third-order valence-corrected chi connectivity index (χ3v) is 4.82. The largest absolute Gasteiger partial charge is 0.483 e. The van der Waals surface area contributed by atoms with Crippen molar-refractivity contribution in [2.75, 3.05) is 18.0 Å². The molecule has 12 nitrogen and oxygen atoms in total. The molecule has 0 aliphatic heterocycles. The maximum Gasteiger partial charge on any atom is 0.303 e. The van der Waals surface area contributed by atoms with Crippen LogP contribution in [0.25, 0.3) is 11.2 Å². The van der Waals surface area contributed by atoms with Crippen LogP contribution < -0.4 is 16.8 Å². The highest BCUT2D eigenvalue weighted by molar-refractivity contribution is 5.94. The maximum atomic E-state index is 12.2. The van der Waals surface area contributed by atoms with Crippen molar-refractivity contribution in [1.29, 1.82) is 0 Å². The number of anilines is 2. The molecule has 1 unspecified atom stereocenters. The highest BCUT2D eigenvalue weighted by atomic mass is 16.4. The molecule has 1 amide bonds. The van der Waals surface area contributed by atoms with Crippen LogP contribution in [0.3, 0.4) is 0 Å². The molecule has 0 saturated heterocycles. The number of carbonyl (C=O) groups is 3. The molecule has 0 fully saturated rings. The molecule has 3 aromatic rings. The number of aliphatic carboxylic acids is 1. The fraction of sp³-hybridized carbons (Fsp3) is 0.261. The van der Waals surface area contributed by atoms with Gasteiger partial charge in [-0.25, -0.2) is 9.97 Å². The Kier molecular flexibility index (Phi) is 9.86. The molecule has 0 radical (unpaired) electrons. The zero-order valence-corrected chi connectivity index (χ0v) is 18.7. The van der Waals surface area contributed by atoms with E-state index in [0.29, 0.717) is 48.2 Å². The summed E-state index contributed by atoms with van der Waals surface area (Å²) in [4.78, 5) is 47.9. The van der Waals surface area contributed by atoms with Gasteiger partial charge in [-0.2, -0.15) is 9.97 Å². The maximum absolute atomic E-state index is 12.2. The summed E-state index contributed by atoms with van der Waals surface area (Å²) in [5, 5.41) is 18.2. The number of carbonyl (C=O) groups excluding carboxylic acids is 1. The molecule has 1 aromatic carbocycles. The number of benzene rings is 1. The number of amides is 1. The molecule has 7 N–H and O–H groups in total. The van der Waals surface area contributed by atoms with Crippen LogP contribution in [0.1, 0.15) is 46.8 Å². The number of nitrogens with two attached hydrogens (primary N) is 2. The van der Waals surface area contributed by atoms with Gasteiger partial charge in [-0.3, -0.25) is 14.4 Å². The topological polar surface area (TPSA) is 207 Å². The fourth-order valence-corrected chi connectivity index (χ4v) is 3.23. The number of nitrogens with zero attached hydrogens (tertiary/aromatic N) is 4. The Balaban J connectivity index is 0.00000137. The minimum Gasteiger partial charge on any atom is -0.483 e. The quantitative estimate of drug-likeness (QED) is 0.167. The van der Waals surface area contributed by atoms with Crippen LogP contribution in [0.4, 0.5) is 11.8 Å². The second-order valence-electron chi connectivity index (χ2n) is 7.29. The summed E-state index contributed by atoms with van der Waals surface area (Å²) in [6, 6.07) is 7.12. The lowest BCUT2D eigenvalue weighted by Crippen LogP contribution is -2.24. The van der Waals surface area contributed by atoms with E-state index in [1.807, 2.05) is 12.1 Å². The van der Waals surface area contributed by atoms with Gasteiger partial charge in [-0.05, 0) is 30.5 Å². The summed E-state index contributed by atoms with van der Waals surface area (Å²) < 4.78 is 0. The van der Waals surface area contributed by atoms with Crippen LogP contribution in [0.2, 0.25) is 0 Å². The number of nitrogens with one attached hydrogen (secondary N) is 1. The van der Waals surface area contributed by atoms with Gasteiger partial charge < -0.3 is 27.0 Å². The summed E-state index contributed by atoms with van der Waals surface area (Å²) in [7, 11) is 0. The summed E-state index contributed by atoms with van der Waals surface area (Å²) >= 11 is 0. The van der Waals surface area contributed by atoms with Crippen molar-refractivity contribution in [3.63, 3.8) is 0 Å². The summed E-state index contributed by atoms with van der Waals surface area (Å²) in [5.41, 5.74) is 14.3. The van der Waals surface area contributed by atoms with Crippen molar-refractivity contribution < 1.29 is 24.6 Å². The van der Waals surface area contributed by atoms with E-state index in [0.717, 1.165) is 5.56 Å². The zero-order valence-electron chi connectivity index (χ0n) is 18.7. The van der Waals surface area contributed by atoms with Gasteiger partial charge in [0, 0.05) is 30.9 Å². The molecular formula is C23H25N7O5. The lowest BCUT2D eigenvalue weighted by atomic mass is 9.91. The number of hydrogen-bond acceptors (Lipinski definition) is 9. The minimum absolute atomic E-state index is 0.00973. The van der Waals surface area contributed by atoms with Gasteiger partial charge >= 0.3 is 5.97 Å². The highest BCUT2D eigenvalue weighted by Gasteiger charge is 2.16. The molecule has 1 atom stereocenters. The Bertz CT molecular complexity index is 1230. The number of carboxylic acids is 1. The first-order chi connectivity index (χ1) is 16.8. The van der Waals surface area contributed by atoms with E-state index in [2.05, 4.69) is 31.2 Å². The monoisotopic (exact) mass is 479 g/mol. The molecule has 3 rings (SSSR count). The van der Waals surface area contributed by atoms with Gasteiger partial charge in [0.15, 0.2) is 17.0 Å². The van der Waals surface area contributed by atoms with E-state index < -0.39 is 5.97 Å². The van der Waals surface area contributed by atoms with E-state index >= 15 is 0 Å². The Hall–Kier alpha value is -4.79. The van der Waals surface area contributed by atoms with E-state index in [4.69, 9.17) is 32.9 Å². The van der Waals surface area contributed by atoms with Gasteiger partial charge in [-0.1, -0.05) is 12.1 Å². The van der Waals surface area contributed by atoms with Crippen molar-refractivity contribution >= 4 is 41.3 Å². The average Bonchev–Trinajstić information content (AvgIpc) is 2.82. The number of rotatable bonds is 9. The van der Waals surface area contributed by atoms with Crippen molar-refractivity contribution in [2.24, 2.45) is 0 Å². The fourth-order valence-electron chi connectivity index (χ4n) is 3.23. The Morgan fingerprint density at radius 2 is 1.86 bits per heavy atom. The average molecular weight is 479 g/mol. The first kappa shape index (κ1) is 26.5. The van der Waals surface area contributed by atoms with Crippen molar-refractivity contribution in [3.05, 3.63) is 47.3 Å². The van der Waals surface area contributed by atoms with Crippen LogP contribution in [-0.4, -0.2) is 55.0 Å². The van der Waals surface area contributed by atoms with Crippen molar-refractivity contribution in [2.45, 2.75) is 31.6 Å². The number of nitrogen functional groups attached to an aromatic ring is 2. The second kappa shape index (κ2) is 13.0. The lowest BCUT2D eigenvalue weighted by molar-refractivity contribution is -0.137. The number of terminal acetylenes is 1. The molecular weight excluding hydrogens is 454 g/mol. The molecule has 0 saturated carbocycles. The zero-order chi connectivity index (χ0) is 25.8. The Labute approximate surface area is 200 Å². The molecule has 0 aliphatic carbocycles. The first-order valence-electron chi connectivity index (χ1n) is 10.4. The third kappa shape index (κ3) is 7.93. The Morgan fingerprint density at radius 1 is 1.17 bits per heavy atom. The van der Waals surface area contributed by atoms with Gasteiger partial charge in [0.05, 0.1) is 11.9 Å². The number of fused-ring (bicyclic) bond motifs is 1. The minimum atomic E-state index is -0.890. The van der Waals surface area contributed by atoms with E-state index in [1.54, 1.807) is 18.3 Å². The van der Waals surface area contributed by atoms with E-state index in [-0.39, 0.29) is 36.5 Å². The molecule has 0 spiro atoms. The predicted molar refractivity (Wildman–Crippen MR) is 128 cm³/mol. The van der Waals surface area contributed by atoms with Crippen LogP contribution >= 0.6 is 0 Å². The van der Waals surface area contributed by atoms with Crippen LogP contribution in [0, 0.1) is 12.3 Å². The summed E-state index contributed by atoms with van der Waals surface area (Å²) in [6.07, 6.45) is 8.54. The second-order valence-corrected chi connectivity index (χ2v) is 7.29. The van der Waals surface area contributed by atoms with Gasteiger partial charge in [0.2, 0.25) is 5.95 Å². The lowest BCUT2D eigenvalue weighted by Gasteiger charge is -2.15. The van der Waals surface area contributed by atoms with E-state index in [1.165, 1.54) is 0 Å². The number of carboxylic acid groups (broad SMARTS) is 2. The van der Waals surface area contributed by atoms with Crippen molar-refractivity contribution in [1.82, 2.24) is 25.3 Å². The number of aromatic nitrogens is 4. The standard InChI is InChI=1S/C22H23N7O3.CH2O2/c1-2-4-15(11-16-12-26-20-18(27-16)19(23)28-22(24)29-20)13-6-8-14(9-7-13)21(32)25-10-3-5-17(30)31;2-1-3/h1,6-9,12,15H,3-5,10-11H2,(H,25,32)(H,30,31)(H4,23,24,26,28,29);1H,(H,2,3). The molecule has 35 heavy (non-hydrogen) atoms. The molecule has 0 bridgehead atoms. The van der Waals surface area contributed by atoms with Crippen LogP contribution in [-0.2, 0) is 16.0 Å². The van der Waals surface area contributed by atoms with E-state index in [9.17, 15) is 9.59 Å². The third-order valence-electron chi connectivity index (χ3n) is 4.82. The first-order valence-corrected chi connectivity index (χ1v) is 10.4. The predicted octanol–water partition coefficient (Wildman–Crippen LogP) is 1.23. The highest BCUT2D eigenvalue weighted by Crippen LogP contribution is 2.25. The van der Waals surface area contributed by atoms with Crippen LogP contribution in [0.5, 0.6) is 0 Å². The van der Waals surface area contributed by atoms with Gasteiger partial charge in [0.25, 0.3) is 12.4 Å². The molecule has 12 heteroatoms.